The van der Waals surface area contributed by atoms with Crippen LogP contribution in [0.2, 0.25) is 5.02 Å². The lowest BCUT2D eigenvalue weighted by molar-refractivity contribution is 0.0693. The maximum Gasteiger partial charge on any atom is 0.341 e. The lowest BCUT2D eigenvalue weighted by Crippen LogP contribution is -2.27. The second-order valence-corrected chi connectivity index (χ2v) is 7.80. The van der Waals surface area contributed by atoms with E-state index in [0.717, 1.165) is 0 Å². The predicted molar refractivity (Wildman–Crippen MR) is 111 cm³/mol. The summed E-state index contributed by atoms with van der Waals surface area (Å²) in [7, 11) is 1.62. The summed E-state index contributed by atoms with van der Waals surface area (Å²) < 4.78 is 18.5. The van der Waals surface area contributed by atoms with Gasteiger partial charge in [0.2, 0.25) is 6.23 Å². The molecule has 156 valence electrons. The highest BCUT2D eigenvalue weighted by Crippen LogP contribution is 2.44. The molecule has 1 aliphatic heterocycles. The molecule has 3 heterocycles. The van der Waals surface area contributed by atoms with Gasteiger partial charge in [-0.15, -0.1) is 11.3 Å². The van der Waals surface area contributed by atoms with Gasteiger partial charge in [0.25, 0.3) is 0 Å². The van der Waals surface area contributed by atoms with Crippen LogP contribution in [0.4, 0.5) is 0 Å². The van der Waals surface area contributed by atoms with Crippen LogP contribution in [-0.2, 0) is 4.74 Å². The molecule has 1 atom stereocenters. The minimum absolute atomic E-state index is 0.350. The van der Waals surface area contributed by atoms with Crippen LogP contribution in [0, 0.1) is 0 Å². The molecule has 1 aromatic carbocycles. The number of benzene rings is 1. The van der Waals surface area contributed by atoms with Gasteiger partial charge in [0.1, 0.15) is 17.1 Å². The second-order valence-electron chi connectivity index (χ2n) is 6.46. The molecule has 0 bridgehead atoms. The zero-order valence-electron chi connectivity index (χ0n) is 15.8. The molecule has 0 fully saturated rings. The van der Waals surface area contributed by atoms with Crippen molar-refractivity contribution in [3.63, 3.8) is 0 Å². The van der Waals surface area contributed by atoms with Crippen LogP contribution in [0.15, 0.2) is 40.8 Å². The molecule has 0 amide bonds. The summed E-state index contributed by atoms with van der Waals surface area (Å²) in [6.07, 6.45) is 2.88. The number of rotatable bonds is 7. The van der Waals surface area contributed by atoms with E-state index in [1.165, 1.54) is 23.6 Å². The van der Waals surface area contributed by atoms with Crippen molar-refractivity contribution in [2.45, 2.75) is 12.6 Å². The first-order valence-corrected chi connectivity index (χ1v) is 10.3. The van der Waals surface area contributed by atoms with E-state index in [2.05, 4.69) is 4.98 Å². The fourth-order valence-electron chi connectivity index (χ4n) is 3.15. The van der Waals surface area contributed by atoms with Crippen molar-refractivity contribution in [2.24, 2.45) is 0 Å². The first kappa shape index (κ1) is 20.4. The Kier molecular flexibility index (Phi) is 5.76. The lowest BCUT2D eigenvalue weighted by Gasteiger charge is -2.30. The Labute approximate surface area is 180 Å². The lowest BCUT2D eigenvalue weighted by atomic mass is 10.1. The molecular weight excluding hydrogens is 432 g/mol. The second kappa shape index (κ2) is 8.47. The molecule has 10 heteroatoms. The SMILES string of the molecule is COCCCOc1cc2c(cc1Cl)-c1cc(=O)c(C(=O)O)cn1C(c1nccs1)O2. The largest absolute Gasteiger partial charge is 0.492 e. The minimum atomic E-state index is -1.31. The summed E-state index contributed by atoms with van der Waals surface area (Å²) in [5.74, 6) is -0.400. The van der Waals surface area contributed by atoms with Crippen molar-refractivity contribution in [1.29, 1.82) is 0 Å². The first-order chi connectivity index (χ1) is 14.5. The van der Waals surface area contributed by atoms with Crippen LogP contribution in [0.3, 0.4) is 0 Å². The third-order valence-corrected chi connectivity index (χ3v) is 5.63. The number of nitrogens with zero attached hydrogens (tertiary/aromatic N) is 2. The molecule has 0 saturated heterocycles. The van der Waals surface area contributed by atoms with Crippen LogP contribution in [0.25, 0.3) is 11.3 Å². The Morgan fingerprint density at radius 2 is 2.20 bits per heavy atom. The minimum Gasteiger partial charge on any atom is -0.492 e. The quantitative estimate of drug-likeness (QED) is 0.550. The normalized spacial score (nSPS) is 14.5. The first-order valence-electron chi connectivity index (χ1n) is 9.00. The van der Waals surface area contributed by atoms with Gasteiger partial charge in [-0.1, -0.05) is 11.6 Å². The Bertz CT molecular complexity index is 1140. The number of aromatic carboxylic acids is 1. The smallest absolute Gasteiger partial charge is 0.341 e. The van der Waals surface area contributed by atoms with Crippen molar-refractivity contribution in [2.75, 3.05) is 20.3 Å². The molecule has 0 saturated carbocycles. The average Bonchev–Trinajstić information content (AvgIpc) is 3.25. The van der Waals surface area contributed by atoms with E-state index >= 15 is 0 Å². The summed E-state index contributed by atoms with van der Waals surface area (Å²) in [4.78, 5) is 28.1. The van der Waals surface area contributed by atoms with E-state index < -0.39 is 17.6 Å². The topological polar surface area (TPSA) is 99.9 Å². The molecule has 0 aliphatic carbocycles. The highest BCUT2D eigenvalue weighted by atomic mass is 35.5. The molecule has 4 rings (SSSR count). The van der Waals surface area contributed by atoms with Gasteiger partial charge < -0.3 is 23.9 Å². The number of hydrogen-bond donors (Lipinski definition) is 1. The molecule has 8 nitrogen and oxygen atoms in total. The summed E-state index contributed by atoms with van der Waals surface area (Å²) in [6.45, 7) is 0.980. The number of pyridine rings is 1. The number of thiazole rings is 1. The molecule has 3 aromatic rings. The molecule has 0 spiro atoms. The number of methoxy groups -OCH3 is 1. The monoisotopic (exact) mass is 448 g/mol. The van der Waals surface area contributed by atoms with Crippen molar-refractivity contribution < 1.29 is 24.1 Å². The van der Waals surface area contributed by atoms with Gasteiger partial charge in [-0.05, 0) is 6.07 Å². The third-order valence-electron chi connectivity index (χ3n) is 4.52. The Morgan fingerprint density at radius 1 is 1.37 bits per heavy atom. The summed E-state index contributed by atoms with van der Waals surface area (Å²) >= 11 is 7.75. The number of ether oxygens (including phenoxy) is 3. The van der Waals surface area contributed by atoms with Crippen molar-refractivity contribution in [3.8, 4) is 22.8 Å². The molecular formula is C20H17ClN2O6S. The molecule has 1 unspecified atom stereocenters. The predicted octanol–water partition coefficient (Wildman–Crippen LogP) is 3.68. The van der Waals surface area contributed by atoms with Crippen molar-refractivity contribution in [3.05, 3.63) is 61.8 Å². The molecule has 30 heavy (non-hydrogen) atoms. The van der Waals surface area contributed by atoms with Crippen molar-refractivity contribution in [1.82, 2.24) is 9.55 Å². The van der Waals surface area contributed by atoms with Gasteiger partial charge in [-0.2, -0.15) is 0 Å². The third kappa shape index (κ3) is 3.79. The number of hydrogen-bond acceptors (Lipinski definition) is 7. The summed E-state index contributed by atoms with van der Waals surface area (Å²) in [5, 5.41) is 12.1. The van der Waals surface area contributed by atoms with Gasteiger partial charge in [-0.25, -0.2) is 9.78 Å². The molecule has 0 radical (unpaired) electrons. The van der Waals surface area contributed by atoms with Gasteiger partial charge in [0.05, 0.1) is 17.3 Å². The van der Waals surface area contributed by atoms with Crippen LogP contribution >= 0.6 is 22.9 Å². The van der Waals surface area contributed by atoms with Crippen molar-refractivity contribution >= 4 is 28.9 Å². The highest BCUT2D eigenvalue weighted by Gasteiger charge is 2.30. The highest BCUT2D eigenvalue weighted by molar-refractivity contribution is 7.09. The number of carbonyl (C=O) groups is 1. The van der Waals surface area contributed by atoms with E-state index in [9.17, 15) is 14.7 Å². The molecule has 2 aromatic heterocycles. The standard InChI is InChI=1S/C20H17ClN2O6S/c1-27-4-2-5-28-17-9-16-11(7-13(17)21)14-8-15(24)12(20(25)26)10-23(14)19(29-16)18-22-3-6-30-18/h3,6-10,19H,2,4-5H2,1H3,(H,25,26). The number of fused-ring (bicyclic) bond motifs is 3. The van der Waals surface area contributed by atoms with E-state index in [1.807, 2.05) is 0 Å². The van der Waals surface area contributed by atoms with E-state index in [-0.39, 0.29) is 5.56 Å². The van der Waals surface area contributed by atoms with Crippen LogP contribution in [-0.4, -0.2) is 41.0 Å². The van der Waals surface area contributed by atoms with E-state index in [0.29, 0.717) is 52.4 Å². The van der Waals surface area contributed by atoms with Gasteiger partial charge in [0.15, 0.2) is 10.4 Å². The van der Waals surface area contributed by atoms with Crippen LogP contribution < -0.4 is 14.9 Å². The average molecular weight is 449 g/mol. The Balaban J connectivity index is 1.81. The fraction of sp³-hybridized carbons (Fsp3) is 0.250. The zero-order valence-corrected chi connectivity index (χ0v) is 17.4. The van der Waals surface area contributed by atoms with Gasteiger partial charge in [-0.3, -0.25) is 4.79 Å². The maximum atomic E-state index is 12.4. The molecule has 1 N–H and O–H groups in total. The zero-order chi connectivity index (χ0) is 21.3. The number of carboxylic acid groups (broad SMARTS) is 1. The Morgan fingerprint density at radius 3 is 2.90 bits per heavy atom. The molecule has 1 aliphatic rings. The number of aromatic nitrogens is 2. The summed E-state index contributed by atoms with van der Waals surface area (Å²) in [6, 6.07) is 4.59. The number of halogens is 1. The Hall–Kier alpha value is -2.88. The maximum absolute atomic E-state index is 12.4. The summed E-state index contributed by atoms with van der Waals surface area (Å²) in [5.41, 5.74) is 0.0948. The van der Waals surface area contributed by atoms with Crippen LogP contribution in [0.5, 0.6) is 11.5 Å². The van der Waals surface area contributed by atoms with Gasteiger partial charge >= 0.3 is 5.97 Å². The number of carboxylic acids is 1. The van der Waals surface area contributed by atoms with Crippen LogP contribution in [0.1, 0.15) is 28.0 Å². The van der Waals surface area contributed by atoms with Gasteiger partial charge in [0, 0.05) is 55.6 Å². The fourth-order valence-corrected chi connectivity index (χ4v) is 4.03. The van der Waals surface area contributed by atoms with E-state index in [1.54, 1.807) is 35.4 Å². The van der Waals surface area contributed by atoms with E-state index in [4.69, 9.17) is 25.8 Å².